The van der Waals surface area contributed by atoms with Gasteiger partial charge in [-0.3, -0.25) is 0 Å². The maximum atomic E-state index is 13.5. The molecule has 130 valence electrons. The van der Waals surface area contributed by atoms with Gasteiger partial charge in [-0.15, -0.1) is 0 Å². The number of benzene rings is 1. The molecule has 0 N–H and O–H groups in total. The van der Waals surface area contributed by atoms with Crippen molar-refractivity contribution in [3.05, 3.63) is 42.7 Å². The second kappa shape index (κ2) is 6.90. The first kappa shape index (κ1) is 16.9. The molecular weight excluding hydrogens is 333 g/mol. The summed E-state index contributed by atoms with van der Waals surface area (Å²) in [4.78, 5) is 3.90. The molecule has 0 bridgehead atoms. The summed E-state index contributed by atoms with van der Waals surface area (Å²) in [7, 11) is -2.38. The van der Waals surface area contributed by atoms with Gasteiger partial charge in [-0.25, -0.2) is 17.8 Å². The highest BCUT2D eigenvalue weighted by molar-refractivity contribution is 7.89. The molecule has 24 heavy (non-hydrogen) atoms. The number of hydrogen-bond acceptors (Lipinski definition) is 4. The Balaban J connectivity index is 1.72. The van der Waals surface area contributed by atoms with Crippen molar-refractivity contribution in [2.75, 3.05) is 20.2 Å². The summed E-state index contributed by atoms with van der Waals surface area (Å²) in [5.74, 6) is -0.0265. The zero-order valence-electron chi connectivity index (χ0n) is 13.4. The van der Waals surface area contributed by atoms with E-state index in [0.717, 1.165) is 25.5 Å². The number of halogens is 1. The Kier molecular flexibility index (Phi) is 4.86. The fourth-order valence-corrected chi connectivity index (χ4v) is 4.65. The van der Waals surface area contributed by atoms with Gasteiger partial charge in [-0.05, 0) is 37.0 Å². The fourth-order valence-electron chi connectivity index (χ4n) is 3.02. The number of imidazole rings is 1. The molecule has 0 unspecified atom stereocenters. The summed E-state index contributed by atoms with van der Waals surface area (Å²) < 4.78 is 47.6. The predicted molar refractivity (Wildman–Crippen MR) is 86.7 cm³/mol. The van der Waals surface area contributed by atoms with Gasteiger partial charge in [-0.1, -0.05) is 0 Å². The normalized spacial score (nSPS) is 17.1. The van der Waals surface area contributed by atoms with Crippen LogP contribution in [0.1, 0.15) is 12.8 Å². The Morgan fingerprint density at radius 2 is 2.08 bits per heavy atom. The third-order valence-electron chi connectivity index (χ3n) is 4.35. The molecule has 1 fully saturated rings. The lowest BCUT2D eigenvalue weighted by Crippen LogP contribution is -2.39. The van der Waals surface area contributed by atoms with Gasteiger partial charge >= 0.3 is 0 Å². The van der Waals surface area contributed by atoms with E-state index in [1.54, 1.807) is 12.5 Å². The van der Waals surface area contributed by atoms with Crippen LogP contribution in [0.5, 0.6) is 5.75 Å². The Morgan fingerprint density at radius 3 is 2.71 bits per heavy atom. The summed E-state index contributed by atoms with van der Waals surface area (Å²) in [6.07, 6.45) is 6.92. The lowest BCUT2D eigenvalue weighted by atomic mass is 9.98. The number of piperidine rings is 1. The minimum absolute atomic E-state index is 0.113. The summed E-state index contributed by atoms with van der Waals surface area (Å²) >= 11 is 0. The van der Waals surface area contributed by atoms with Crippen molar-refractivity contribution in [3.8, 4) is 5.75 Å². The van der Waals surface area contributed by atoms with Gasteiger partial charge in [0.1, 0.15) is 16.5 Å². The van der Waals surface area contributed by atoms with Gasteiger partial charge in [0.25, 0.3) is 0 Å². The van der Waals surface area contributed by atoms with E-state index in [2.05, 4.69) is 4.98 Å². The SMILES string of the molecule is COc1ccc(F)cc1S(=O)(=O)N1CCC(Cn2ccnc2)CC1. The molecule has 2 aromatic rings. The molecule has 0 radical (unpaired) electrons. The molecule has 2 heterocycles. The van der Waals surface area contributed by atoms with Crippen LogP contribution in [0, 0.1) is 11.7 Å². The Labute approximate surface area is 140 Å². The number of hydrogen-bond donors (Lipinski definition) is 0. The summed E-state index contributed by atoms with van der Waals surface area (Å²) in [5.41, 5.74) is 0. The Hall–Kier alpha value is -1.93. The van der Waals surface area contributed by atoms with Crippen LogP contribution >= 0.6 is 0 Å². The van der Waals surface area contributed by atoms with E-state index in [4.69, 9.17) is 4.74 Å². The number of methoxy groups -OCH3 is 1. The van der Waals surface area contributed by atoms with E-state index >= 15 is 0 Å². The maximum absolute atomic E-state index is 13.5. The monoisotopic (exact) mass is 353 g/mol. The van der Waals surface area contributed by atoms with Gasteiger partial charge in [0.15, 0.2) is 0 Å². The van der Waals surface area contributed by atoms with Crippen molar-refractivity contribution < 1.29 is 17.5 Å². The third kappa shape index (κ3) is 3.44. The van der Waals surface area contributed by atoms with Crippen molar-refractivity contribution >= 4 is 10.0 Å². The summed E-state index contributed by atoms with van der Waals surface area (Å²) in [6.45, 7) is 1.67. The summed E-state index contributed by atoms with van der Waals surface area (Å²) in [6, 6.07) is 3.55. The van der Waals surface area contributed by atoms with Crippen LogP contribution in [0.4, 0.5) is 4.39 Å². The minimum Gasteiger partial charge on any atom is -0.495 e. The lowest BCUT2D eigenvalue weighted by Gasteiger charge is -2.31. The average Bonchev–Trinajstić information content (AvgIpc) is 3.08. The predicted octanol–water partition coefficient (Wildman–Crippen LogP) is 2.13. The highest BCUT2D eigenvalue weighted by atomic mass is 32.2. The molecule has 0 saturated carbocycles. The van der Waals surface area contributed by atoms with Crippen LogP contribution in [0.15, 0.2) is 41.8 Å². The van der Waals surface area contributed by atoms with Crippen molar-refractivity contribution in [1.82, 2.24) is 13.9 Å². The second-order valence-corrected chi connectivity index (χ2v) is 7.81. The molecule has 1 saturated heterocycles. The number of sulfonamides is 1. The number of rotatable bonds is 5. The Morgan fingerprint density at radius 1 is 1.33 bits per heavy atom. The molecule has 0 amide bonds. The first-order chi connectivity index (χ1) is 11.5. The van der Waals surface area contributed by atoms with E-state index in [1.165, 1.54) is 23.5 Å². The average molecular weight is 353 g/mol. The van der Waals surface area contributed by atoms with Crippen molar-refractivity contribution in [1.29, 1.82) is 0 Å². The van der Waals surface area contributed by atoms with Crippen LogP contribution in [0.25, 0.3) is 0 Å². The molecule has 1 aliphatic rings. The number of nitrogens with zero attached hydrogens (tertiary/aromatic N) is 3. The topological polar surface area (TPSA) is 64.4 Å². The number of ether oxygens (including phenoxy) is 1. The summed E-state index contributed by atoms with van der Waals surface area (Å²) in [5, 5.41) is 0. The maximum Gasteiger partial charge on any atom is 0.246 e. The smallest absolute Gasteiger partial charge is 0.246 e. The number of aromatic nitrogens is 2. The molecule has 0 spiro atoms. The van der Waals surface area contributed by atoms with E-state index in [0.29, 0.717) is 19.0 Å². The molecule has 8 heteroatoms. The zero-order chi connectivity index (χ0) is 17.2. The molecule has 1 aromatic carbocycles. The van der Waals surface area contributed by atoms with Crippen molar-refractivity contribution in [2.24, 2.45) is 5.92 Å². The van der Waals surface area contributed by atoms with Crippen LogP contribution in [0.3, 0.4) is 0 Å². The van der Waals surface area contributed by atoms with Gasteiger partial charge in [0.05, 0.1) is 13.4 Å². The highest BCUT2D eigenvalue weighted by Gasteiger charge is 2.31. The molecule has 1 aromatic heterocycles. The van der Waals surface area contributed by atoms with Gasteiger partial charge in [-0.2, -0.15) is 4.31 Å². The Bertz CT molecular complexity index is 785. The van der Waals surface area contributed by atoms with Crippen LogP contribution in [-0.4, -0.2) is 42.5 Å². The van der Waals surface area contributed by atoms with E-state index < -0.39 is 15.8 Å². The van der Waals surface area contributed by atoms with Crippen LogP contribution in [0.2, 0.25) is 0 Å². The first-order valence-corrected chi connectivity index (χ1v) is 9.24. The first-order valence-electron chi connectivity index (χ1n) is 7.80. The second-order valence-electron chi connectivity index (χ2n) is 5.90. The van der Waals surface area contributed by atoms with Crippen molar-refractivity contribution in [3.63, 3.8) is 0 Å². The quantitative estimate of drug-likeness (QED) is 0.826. The van der Waals surface area contributed by atoms with Crippen LogP contribution in [-0.2, 0) is 16.6 Å². The van der Waals surface area contributed by atoms with E-state index in [-0.39, 0.29) is 10.6 Å². The van der Waals surface area contributed by atoms with Crippen molar-refractivity contribution in [2.45, 2.75) is 24.3 Å². The third-order valence-corrected chi connectivity index (χ3v) is 6.27. The minimum atomic E-state index is -3.76. The van der Waals surface area contributed by atoms with E-state index in [1.807, 2.05) is 10.8 Å². The largest absolute Gasteiger partial charge is 0.495 e. The molecular formula is C16H20FN3O3S. The van der Waals surface area contributed by atoms with Gasteiger partial charge < -0.3 is 9.30 Å². The molecule has 1 aliphatic heterocycles. The van der Waals surface area contributed by atoms with E-state index in [9.17, 15) is 12.8 Å². The standard InChI is InChI=1S/C16H20FN3O3S/c1-23-15-3-2-14(17)10-16(15)24(21,22)20-7-4-13(5-8-20)11-19-9-6-18-12-19/h2-3,6,9-10,12-13H,4-5,7-8,11H2,1H3. The fraction of sp³-hybridized carbons (Fsp3) is 0.438. The molecule has 3 rings (SSSR count). The lowest BCUT2D eigenvalue weighted by molar-refractivity contribution is 0.252. The molecule has 6 nitrogen and oxygen atoms in total. The van der Waals surface area contributed by atoms with Gasteiger partial charge in [0, 0.05) is 32.0 Å². The van der Waals surface area contributed by atoms with Crippen LogP contribution < -0.4 is 4.74 Å². The van der Waals surface area contributed by atoms with Gasteiger partial charge in [0.2, 0.25) is 10.0 Å². The molecule has 0 atom stereocenters. The zero-order valence-corrected chi connectivity index (χ0v) is 14.2. The highest BCUT2D eigenvalue weighted by Crippen LogP contribution is 2.30. The molecule has 0 aliphatic carbocycles.